The van der Waals surface area contributed by atoms with Gasteiger partial charge in [0.15, 0.2) is 5.60 Å². The average molecular weight is 218 g/mol. The summed E-state index contributed by atoms with van der Waals surface area (Å²) < 4.78 is 5.78. The molecule has 1 fully saturated rings. The summed E-state index contributed by atoms with van der Waals surface area (Å²) in [6.07, 6.45) is 1.63. The predicted molar refractivity (Wildman–Crippen MR) is 61.5 cm³/mol. The fourth-order valence-electron chi connectivity index (χ4n) is 2.19. The molecule has 0 atom stereocenters. The Morgan fingerprint density at radius 1 is 1.50 bits per heavy atom. The van der Waals surface area contributed by atoms with E-state index in [-0.39, 0.29) is 5.91 Å². The van der Waals surface area contributed by atoms with E-state index in [0.29, 0.717) is 12.2 Å². The van der Waals surface area contributed by atoms with Gasteiger partial charge in [0.05, 0.1) is 5.69 Å². The van der Waals surface area contributed by atoms with Crippen LogP contribution >= 0.6 is 0 Å². The maximum absolute atomic E-state index is 12.2. The van der Waals surface area contributed by atoms with Crippen molar-refractivity contribution in [1.29, 1.82) is 0 Å². The number of nitrogens with two attached hydrogens (primary N) is 1. The van der Waals surface area contributed by atoms with Crippen molar-refractivity contribution in [2.45, 2.75) is 25.4 Å². The van der Waals surface area contributed by atoms with Crippen molar-refractivity contribution in [2.75, 3.05) is 17.2 Å². The van der Waals surface area contributed by atoms with E-state index in [2.05, 4.69) is 0 Å². The summed E-state index contributed by atoms with van der Waals surface area (Å²) in [7, 11) is 0. The van der Waals surface area contributed by atoms with Crippen LogP contribution in [0, 0.1) is 0 Å². The molecular weight excluding hydrogens is 204 g/mol. The van der Waals surface area contributed by atoms with Crippen LogP contribution in [-0.2, 0) is 4.79 Å². The third-order valence-corrected chi connectivity index (χ3v) is 3.24. The first kappa shape index (κ1) is 9.51. The van der Waals surface area contributed by atoms with Crippen LogP contribution in [0.25, 0.3) is 0 Å². The van der Waals surface area contributed by atoms with E-state index < -0.39 is 5.60 Å². The van der Waals surface area contributed by atoms with Crippen LogP contribution < -0.4 is 15.4 Å². The first-order valence-corrected chi connectivity index (χ1v) is 5.57. The second kappa shape index (κ2) is 2.90. The second-order valence-electron chi connectivity index (χ2n) is 4.37. The summed E-state index contributed by atoms with van der Waals surface area (Å²) in [4.78, 5) is 13.9. The van der Waals surface area contributed by atoms with Gasteiger partial charge in [-0.2, -0.15) is 0 Å². The quantitative estimate of drug-likeness (QED) is 0.727. The molecule has 0 aromatic heterocycles. The van der Waals surface area contributed by atoms with Crippen LogP contribution in [-0.4, -0.2) is 18.1 Å². The lowest BCUT2D eigenvalue weighted by Crippen LogP contribution is -2.47. The summed E-state index contributed by atoms with van der Waals surface area (Å²) in [5.74, 6) is 0.825. The molecule has 2 N–H and O–H groups in total. The number of amides is 1. The molecule has 1 aromatic rings. The molecule has 16 heavy (non-hydrogen) atoms. The highest BCUT2D eigenvalue weighted by atomic mass is 16.5. The highest BCUT2D eigenvalue weighted by molar-refractivity contribution is 6.04. The normalized spacial score (nSPS) is 20.6. The van der Waals surface area contributed by atoms with Crippen molar-refractivity contribution in [3.05, 3.63) is 18.2 Å². The zero-order valence-electron chi connectivity index (χ0n) is 9.19. The van der Waals surface area contributed by atoms with E-state index in [1.54, 1.807) is 17.0 Å². The third kappa shape index (κ3) is 1.13. The van der Waals surface area contributed by atoms with Gasteiger partial charge in [-0.05, 0) is 19.1 Å². The Hall–Kier alpha value is -1.71. The van der Waals surface area contributed by atoms with Gasteiger partial charge in [0.25, 0.3) is 5.91 Å². The maximum Gasteiger partial charge on any atom is 0.271 e. The zero-order chi connectivity index (χ0) is 11.3. The molecule has 84 valence electrons. The molecule has 1 spiro atoms. The standard InChI is InChI=1S/C12H14N2O2/c1-2-14-9-4-3-8(13)7-10(9)16-12(5-6-12)11(14)15/h3-4,7H,2,5-6,13H2,1H3. The van der Waals surface area contributed by atoms with Gasteiger partial charge in [-0.15, -0.1) is 0 Å². The van der Waals surface area contributed by atoms with Crippen molar-refractivity contribution in [1.82, 2.24) is 0 Å². The number of rotatable bonds is 1. The molecule has 1 amide bonds. The minimum atomic E-state index is -0.573. The van der Waals surface area contributed by atoms with Crippen LogP contribution in [0.2, 0.25) is 0 Å². The molecule has 0 bridgehead atoms. The van der Waals surface area contributed by atoms with E-state index in [1.165, 1.54) is 0 Å². The number of hydrogen-bond acceptors (Lipinski definition) is 3. The highest BCUT2D eigenvalue weighted by Gasteiger charge is 2.57. The predicted octanol–water partition coefficient (Wildman–Crippen LogP) is 1.55. The number of ether oxygens (including phenoxy) is 1. The van der Waals surface area contributed by atoms with Crippen molar-refractivity contribution in [3.63, 3.8) is 0 Å². The van der Waals surface area contributed by atoms with Gasteiger partial charge in [-0.1, -0.05) is 0 Å². The Morgan fingerprint density at radius 3 is 2.88 bits per heavy atom. The lowest BCUT2D eigenvalue weighted by molar-refractivity contribution is -0.128. The highest BCUT2D eigenvalue weighted by Crippen LogP contribution is 2.49. The van der Waals surface area contributed by atoms with Crippen molar-refractivity contribution in [3.8, 4) is 5.75 Å². The first-order valence-electron chi connectivity index (χ1n) is 5.57. The third-order valence-electron chi connectivity index (χ3n) is 3.24. The Balaban J connectivity index is 2.12. The van der Waals surface area contributed by atoms with Gasteiger partial charge >= 0.3 is 0 Å². The fraction of sp³-hybridized carbons (Fsp3) is 0.417. The molecule has 0 saturated heterocycles. The van der Waals surface area contributed by atoms with E-state index in [9.17, 15) is 4.79 Å². The summed E-state index contributed by atoms with van der Waals surface area (Å²) in [6, 6.07) is 5.44. The first-order chi connectivity index (χ1) is 7.66. The second-order valence-corrected chi connectivity index (χ2v) is 4.37. The summed E-state index contributed by atoms with van der Waals surface area (Å²) in [5.41, 5.74) is 6.66. The molecule has 2 aliphatic rings. The number of benzene rings is 1. The molecule has 1 aliphatic heterocycles. The number of fused-ring (bicyclic) bond motifs is 1. The van der Waals surface area contributed by atoms with Gasteiger partial charge in [-0.3, -0.25) is 4.79 Å². The number of anilines is 2. The van der Waals surface area contributed by atoms with Gasteiger partial charge in [0.2, 0.25) is 0 Å². The van der Waals surface area contributed by atoms with Crippen molar-refractivity contribution in [2.24, 2.45) is 0 Å². The molecule has 1 aromatic carbocycles. The maximum atomic E-state index is 12.2. The zero-order valence-corrected chi connectivity index (χ0v) is 9.19. The summed E-state index contributed by atoms with van der Waals surface area (Å²) in [6.45, 7) is 2.64. The van der Waals surface area contributed by atoms with E-state index in [1.807, 2.05) is 13.0 Å². The smallest absolute Gasteiger partial charge is 0.271 e. The topological polar surface area (TPSA) is 55.6 Å². The number of carbonyl (C=O) groups excluding carboxylic acids is 1. The number of carbonyl (C=O) groups is 1. The Bertz CT molecular complexity index is 466. The molecule has 4 nitrogen and oxygen atoms in total. The largest absolute Gasteiger partial charge is 0.475 e. The van der Waals surface area contributed by atoms with Crippen LogP contribution in [0.4, 0.5) is 11.4 Å². The summed E-state index contributed by atoms with van der Waals surface area (Å²) in [5, 5.41) is 0. The number of nitrogen functional groups attached to an aromatic ring is 1. The van der Waals surface area contributed by atoms with Crippen molar-refractivity contribution < 1.29 is 9.53 Å². The van der Waals surface area contributed by atoms with Gasteiger partial charge < -0.3 is 15.4 Å². The van der Waals surface area contributed by atoms with Crippen LogP contribution in [0.3, 0.4) is 0 Å². The molecule has 1 heterocycles. The molecule has 0 unspecified atom stereocenters. The monoisotopic (exact) mass is 218 g/mol. The molecule has 1 saturated carbocycles. The molecule has 3 rings (SSSR count). The lowest BCUT2D eigenvalue weighted by atomic mass is 10.1. The Kier molecular flexibility index (Phi) is 1.73. The minimum absolute atomic E-state index is 0.0901. The molecular formula is C12H14N2O2. The molecule has 4 heteroatoms. The fourth-order valence-corrected chi connectivity index (χ4v) is 2.19. The van der Waals surface area contributed by atoms with Gasteiger partial charge in [0.1, 0.15) is 5.75 Å². The van der Waals surface area contributed by atoms with Crippen molar-refractivity contribution >= 4 is 17.3 Å². The number of hydrogen-bond donors (Lipinski definition) is 1. The van der Waals surface area contributed by atoms with Gasteiger partial charge in [0, 0.05) is 31.1 Å². The summed E-state index contributed by atoms with van der Waals surface area (Å²) >= 11 is 0. The Labute approximate surface area is 94.0 Å². The van der Waals surface area contributed by atoms with Gasteiger partial charge in [-0.25, -0.2) is 0 Å². The van der Waals surface area contributed by atoms with Crippen LogP contribution in [0.1, 0.15) is 19.8 Å². The minimum Gasteiger partial charge on any atom is -0.475 e. The van der Waals surface area contributed by atoms with Crippen LogP contribution in [0.5, 0.6) is 5.75 Å². The number of likely N-dealkylation sites (N-methyl/N-ethyl adjacent to an activating group) is 1. The molecule has 1 aliphatic carbocycles. The van der Waals surface area contributed by atoms with Crippen LogP contribution in [0.15, 0.2) is 18.2 Å². The lowest BCUT2D eigenvalue weighted by Gasteiger charge is -2.34. The molecule has 0 radical (unpaired) electrons. The van der Waals surface area contributed by atoms with E-state index in [0.717, 1.165) is 24.3 Å². The Morgan fingerprint density at radius 2 is 2.25 bits per heavy atom. The van der Waals surface area contributed by atoms with E-state index in [4.69, 9.17) is 10.5 Å². The SMILES string of the molecule is CCN1C(=O)C2(CC2)Oc2cc(N)ccc21. The van der Waals surface area contributed by atoms with E-state index >= 15 is 0 Å². The number of nitrogens with zero attached hydrogens (tertiary/aromatic N) is 1. The average Bonchev–Trinajstić information content (AvgIpc) is 3.01.